The largest absolute Gasteiger partial charge is 0.462 e. The van der Waals surface area contributed by atoms with Crippen LogP contribution in [0.25, 0.3) is 0 Å². The molecule has 0 bridgehead atoms. The van der Waals surface area contributed by atoms with Gasteiger partial charge < -0.3 is 14.2 Å². The smallest absolute Gasteiger partial charge is 0.306 e. The number of carbonyl (C=O) groups is 3. The summed E-state index contributed by atoms with van der Waals surface area (Å²) in [5, 5.41) is 0. The Balaban J connectivity index is 4.45. The lowest BCUT2D eigenvalue weighted by molar-refractivity contribution is -0.167. The summed E-state index contributed by atoms with van der Waals surface area (Å²) >= 11 is 0. The van der Waals surface area contributed by atoms with E-state index in [0.29, 0.717) is 25.7 Å². The van der Waals surface area contributed by atoms with Gasteiger partial charge in [-0.15, -0.1) is 0 Å². The molecule has 0 heterocycles. The molecule has 0 saturated carbocycles. The van der Waals surface area contributed by atoms with E-state index in [1.54, 1.807) is 0 Å². The second kappa shape index (κ2) is 65.8. The monoisotopic (exact) mass is 1090 g/mol. The van der Waals surface area contributed by atoms with Gasteiger partial charge in [-0.25, -0.2) is 0 Å². The lowest BCUT2D eigenvalue weighted by Gasteiger charge is -2.18. The number of ether oxygens (including phenoxy) is 3. The summed E-state index contributed by atoms with van der Waals surface area (Å²) in [4.78, 5) is 38.3. The van der Waals surface area contributed by atoms with Gasteiger partial charge in [0.25, 0.3) is 0 Å². The highest BCUT2D eigenvalue weighted by molar-refractivity contribution is 5.71. The van der Waals surface area contributed by atoms with E-state index in [1.165, 1.54) is 89.9 Å². The fourth-order valence-electron chi connectivity index (χ4n) is 8.53. The number of carbonyl (C=O) groups excluding carboxylic acids is 3. The lowest BCUT2D eigenvalue weighted by Crippen LogP contribution is -2.30. The van der Waals surface area contributed by atoms with Gasteiger partial charge in [0.1, 0.15) is 13.2 Å². The summed E-state index contributed by atoms with van der Waals surface area (Å²) in [5.41, 5.74) is 0. The number of rotatable bonds is 57. The van der Waals surface area contributed by atoms with Crippen molar-refractivity contribution in [3.8, 4) is 0 Å². The maximum atomic E-state index is 12.9. The van der Waals surface area contributed by atoms with E-state index in [-0.39, 0.29) is 31.1 Å². The molecule has 0 rings (SSSR count). The predicted molar refractivity (Wildman–Crippen MR) is 343 cm³/mol. The van der Waals surface area contributed by atoms with Crippen molar-refractivity contribution in [2.75, 3.05) is 13.2 Å². The van der Waals surface area contributed by atoms with Crippen LogP contribution in [0.5, 0.6) is 0 Å². The molecule has 6 nitrogen and oxygen atoms in total. The first kappa shape index (κ1) is 74.3. The van der Waals surface area contributed by atoms with E-state index in [4.69, 9.17) is 14.2 Å². The van der Waals surface area contributed by atoms with Gasteiger partial charge in [-0.1, -0.05) is 263 Å². The first-order valence-electron chi connectivity index (χ1n) is 32.3. The molecule has 0 N–H and O–H groups in total. The molecule has 0 aliphatic rings. The Labute approximate surface area is 487 Å². The standard InChI is InChI=1S/C73H118O6/c1-4-7-10-13-16-19-22-25-28-30-32-34-35-36-37-39-40-42-45-48-51-54-57-60-63-66-72(75)78-69-70(68-77-71(74)65-62-59-56-53-50-47-44-27-24-21-18-15-12-9-6-3)79-73(76)67-64-61-58-55-52-49-46-43-41-38-33-31-29-26-23-20-17-14-11-8-5-2/h7,9-10,12,16,18-19,21,23,25-28,31-34,36-37,41,43-44,50,53,70H,4-6,8,11,13-15,17,20,22,24,29-30,35,38-40,42,45-49,51-52,54-69H2,1-3H3/b10-7-,12-9-,19-16-,21-18-,26-23-,28-25-,33-31-,34-32-,37-36-,43-41-,44-27-,53-50-. The number of unbranched alkanes of at least 4 members (excludes halogenated alkanes) is 22. The van der Waals surface area contributed by atoms with Crippen molar-refractivity contribution in [1.82, 2.24) is 0 Å². The van der Waals surface area contributed by atoms with E-state index < -0.39 is 6.10 Å². The van der Waals surface area contributed by atoms with E-state index in [2.05, 4.69) is 167 Å². The fourth-order valence-corrected chi connectivity index (χ4v) is 8.53. The third kappa shape index (κ3) is 64.0. The molecule has 0 saturated heterocycles. The third-order valence-electron chi connectivity index (χ3n) is 13.3. The summed E-state index contributed by atoms with van der Waals surface area (Å²) < 4.78 is 16.9. The summed E-state index contributed by atoms with van der Waals surface area (Å²) in [6.07, 6.45) is 94.2. The Bertz CT molecular complexity index is 1730. The zero-order valence-corrected chi connectivity index (χ0v) is 51.1. The van der Waals surface area contributed by atoms with Crippen molar-refractivity contribution in [1.29, 1.82) is 0 Å². The quantitative estimate of drug-likeness (QED) is 0.0261. The van der Waals surface area contributed by atoms with Crippen LogP contribution in [0.3, 0.4) is 0 Å². The van der Waals surface area contributed by atoms with Crippen molar-refractivity contribution in [2.24, 2.45) is 0 Å². The molecule has 0 radical (unpaired) electrons. The van der Waals surface area contributed by atoms with Crippen molar-refractivity contribution in [2.45, 2.75) is 284 Å². The normalized spacial score (nSPS) is 13.1. The molecule has 1 atom stereocenters. The number of hydrogen-bond acceptors (Lipinski definition) is 6. The Kier molecular flexibility index (Phi) is 61.9. The molecule has 6 heteroatoms. The zero-order valence-electron chi connectivity index (χ0n) is 51.1. The highest BCUT2D eigenvalue weighted by Crippen LogP contribution is 2.15. The number of hydrogen-bond donors (Lipinski definition) is 0. The molecular weight excluding hydrogens is 973 g/mol. The summed E-state index contributed by atoms with van der Waals surface area (Å²) in [5.74, 6) is -0.966. The van der Waals surface area contributed by atoms with Gasteiger partial charge in [0.2, 0.25) is 0 Å². The molecule has 0 spiro atoms. The molecule has 1 unspecified atom stereocenters. The Hall–Kier alpha value is -4.71. The van der Waals surface area contributed by atoms with Crippen LogP contribution in [-0.2, 0) is 28.6 Å². The van der Waals surface area contributed by atoms with Gasteiger partial charge in [-0.3, -0.25) is 14.4 Å². The maximum Gasteiger partial charge on any atom is 0.306 e. The van der Waals surface area contributed by atoms with Gasteiger partial charge in [-0.2, -0.15) is 0 Å². The van der Waals surface area contributed by atoms with Crippen LogP contribution >= 0.6 is 0 Å². The van der Waals surface area contributed by atoms with Crippen LogP contribution in [0.15, 0.2) is 146 Å². The van der Waals surface area contributed by atoms with Crippen molar-refractivity contribution < 1.29 is 28.6 Å². The molecule has 0 amide bonds. The van der Waals surface area contributed by atoms with Crippen LogP contribution in [0.1, 0.15) is 278 Å². The highest BCUT2D eigenvalue weighted by Gasteiger charge is 2.19. The topological polar surface area (TPSA) is 78.9 Å². The van der Waals surface area contributed by atoms with E-state index >= 15 is 0 Å². The third-order valence-corrected chi connectivity index (χ3v) is 13.3. The average molecular weight is 1090 g/mol. The van der Waals surface area contributed by atoms with E-state index in [1.807, 2.05) is 0 Å². The summed E-state index contributed by atoms with van der Waals surface area (Å²) in [7, 11) is 0. The van der Waals surface area contributed by atoms with Crippen LogP contribution in [0, 0.1) is 0 Å². The minimum absolute atomic E-state index is 0.105. The second-order valence-electron chi connectivity index (χ2n) is 20.9. The van der Waals surface area contributed by atoms with Crippen molar-refractivity contribution in [3.05, 3.63) is 146 Å². The molecule has 79 heavy (non-hydrogen) atoms. The molecule has 0 aromatic carbocycles. The zero-order chi connectivity index (χ0) is 57.1. The Morgan fingerprint density at radius 3 is 0.797 bits per heavy atom. The Morgan fingerprint density at radius 2 is 0.494 bits per heavy atom. The molecule has 0 fully saturated rings. The summed E-state index contributed by atoms with van der Waals surface area (Å²) in [6.45, 7) is 6.35. The second-order valence-corrected chi connectivity index (χ2v) is 20.9. The highest BCUT2D eigenvalue weighted by atomic mass is 16.6. The van der Waals surface area contributed by atoms with E-state index in [0.717, 1.165) is 141 Å². The number of allylic oxidation sites excluding steroid dienone is 24. The van der Waals surface area contributed by atoms with Crippen molar-refractivity contribution in [3.63, 3.8) is 0 Å². The van der Waals surface area contributed by atoms with Crippen LogP contribution in [0.4, 0.5) is 0 Å². The average Bonchev–Trinajstić information content (AvgIpc) is 3.45. The first-order valence-corrected chi connectivity index (χ1v) is 32.3. The molecule has 0 aliphatic carbocycles. The van der Waals surface area contributed by atoms with Gasteiger partial charge in [0.15, 0.2) is 6.10 Å². The van der Waals surface area contributed by atoms with E-state index in [9.17, 15) is 14.4 Å². The van der Waals surface area contributed by atoms with Gasteiger partial charge in [-0.05, 0) is 141 Å². The molecule has 0 aliphatic heterocycles. The predicted octanol–water partition coefficient (Wildman–Crippen LogP) is 22.3. The molecular formula is C73H118O6. The van der Waals surface area contributed by atoms with Crippen LogP contribution < -0.4 is 0 Å². The number of esters is 3. The molecule has 0 aromatic rings. The van der Waals surface area contributed by atoms with Gasteiger partial charge in [0, 0.05) is 19.3 Å². The molecule has 0 aromatic heterocycles. The maximum absolute atomic E-state index is 12.9. The van der Waals surface area contributed by atoms with Gasteiger partial charge in [0.05, 0.1) is 0 Å². The van der Waals surface area contributed by atoms with Gasteiger partial charge >= 0.3 is 17.9 Å². The SMILES string of the molecule is CC/C=C\C/C=C\C/C=C\C/C=C\C/C=C\CCCCCCCCCCCC(=O)OCC(COC(=O)CCCC/C=C\C/C=C\C/C=C\C/C=C\CC)OC(=O)CCCCCCCC/C=C\C/C=C\C/C=C\CCCCCCC. The first-order chi connectivity index (χ1) is 39.0. The minimum Gasteiger partial charge on any atom is -0.462 e. The molecule has 446 valence electrons. The van der Waals surface area contributed by atoms with Crippen molar-refractivity contribution >= 4 is 17.9 Å². The fraction of sp³-hybridized carbons (Fsp3) is 0.630. The van der Waals surface area contributed by atoms with Crippen LogP contribution in [-0.4, -0.2) is 37.2 Å². The lowest BCUT2D eigenvalue weighted by atomic mass is 10.1. The minimum atomic E-state index is -0.813. The Morgan fingerprint density at radius 1 is 0.266 bits per heavy atom. The van der Waals surface area contributed by atoms with Crippen LogP contribution in [0.2, 0.25) is 0 Å². The summed E-state index contributed by atoms with van der Waals surface area (Å²) in [6, 6.07) is 0.